The van der Waals surface area contributed by atoms with Crippen LogP contribution in [-0.4, -0.2) is 29.9 Å². The molecule has 0 N–H and O–H groups in total. The molecule has 0 saturated carbocycles. The van der Waals surface area contributed by atoms with Gasteiger partial charge in [0.05, 0.1) is 21.2 Å². The van der Waals surface area contributed by atoms with Gasteiger partial charge in [-0.2, -0.15) is 4.98 Å². The zero-order chi connectivity index (χ0) is 20.2. The molecule has 0 radical (unpaired) electrons. The van der Waals surface area contributed by atoms with Gasteiger partial charge in [0.15, 0.2) is 15.3 Å². The first-order valence-electron chi connectivity index (χ1n) is 9.57. The van der Waals surface area contributed by atoms with Crippen molar-refractivity contribution in [2.45, 2.75) is 60.7 Å². The maximum Gasteiger partial charge on any atom is 0.239 e. The first-order chi connectivity index (χ1) is 14.2. The van der Waals surface area contributed by atoms with Crippen LogP contribution in [0.15, 0.2) is 38.3 Å². The first-order valence-corrected chi connectivity index (χ1v) is 12.3. The van der Waals surface area contributed by atoms with Crippen LogP contribution in [0.25, 0.3) is 10.2 Å². The molecule has 3 heterocycles. The van der Waals surface area contributed by atoms with Gasteiger partial charge in [-0.3, -0.25) is 0 Å². The highest BCUT2D eigenvalue weighted by atomic mass is 32.2. The van der Waals surface area contributed by atoms with E-state index < -0.39 is 0 Å². The van der Waals surface area contributed by atoms with Crippen LogP contribution in [0, 0.1) is 0 Å². The molecule has 0 fully saturated rings. The summed E-state index contributed by atoms with van der Waals surface area (Å²) in [5, 5.41) is 13.8. The second-order valence-corrected chi connectivity index (χ2v) is 10.00. The predicted molar refractivity (Wildman–Crippen MR) is 117 cm³/mol. The number of thiazole rings is 1. The van der Waals surface area contributed by atoms with Crippen molar-refractivity contribution in [3.8, 4) is 0 Å². The number of rotatable bonds is 9. The zero-order valence-corrected chi connectivity index (χ0v) is 19.0. The highest BCUT2D eigenvalue weighted by Gasteiger charge is 2.20. The molecule has 1 atom stereocenters. The molecular weight excluding hydrogens is 424 g/mol. The van der Waals surface area contributed by atoms with Gasteiger partial charge in [-0.05, 0) is 32.4 Å². The summed E-state index contributed by atoms with van der Waals surface area (Å²) >= 11 is 5.01. The summed E-state index contributed by atoms with van der Waals surface area (Å²) in [4.78, 5) is 9.17. The van der Waals surface area contributed by atoms with E-state index in [1.54, 1.807) is 34.9 Å². The van der Waals surface area contributed by atoms with Crippen molar-refractivity contribution in [1.29, 1.82) is 0 Å². The number of nitrogens with zero attached hydrogens (tertiary/aromatic N) is 6. The fraction of sp³-hybridized carbons (Fsp3) is 0.421. The third-order valence-corrected chi connectivity index (χ3v) is 7.54. The number of benzene rings is 1. The Labute approximate surface area is 181 Å². The number of thioether (sulfide) groups is 2. The number of hydrogen-bond donors (Lipinski definition) is 0. The predicted octanol–water partition coefficient (Wildman–Crippen LogP) is 5.39. The third-order valence-electron chi connectivity index (χ3n) is 4.30. The number of aromatic nitrogens is 6. The van der Waals surface area contributed by atoms with E-state index in [0.717, 1.165) is 51.8 Å². The Morgan fingerprint density at radius 2 is 2.03 bits per heavy atom. The van der Waals surface area contributed by atoms with Crippen LogP contribution >= 0.6 is 34.9 Å². The standard InChI is InChI=1S/C19H22N6OS3/c1-4-8-15-21-17(26-24-15)12(3)28-18-23-22-16(25(18)5-2)11-27-19-20-13-9-6-7-10-14(13)29-19/h6-7,9-10,12H,4-5,8,11H2,1-3H3/t12-/m1/s1. The Balaban J connectivity index is 1.44. The number of para-hydroxylation sites is 1. The van der Waals surface area contributed by atoms with E-state index in [-0.39, 0.29) is 5.25 Å². The lowest BCUT2D eigenvalue weighted by molar-refractivity contribution is 0.374. The summed E-state index contributed by atoms with van der Waals surface area (Å²) in [6, 6.07) is 8.21. The van der Waals surface area contributed by atoms with Crippen molar-refractivity contribution in [2.24, 2.45) is 0 Å². The van der Waals surface area contributed by atoms with E-state index in [2.05, 4.69) is 56.7 Å². The summed E-state index contributed by atoms with van der Waals surface area (Å²) in [5.41, 5.74) is 1.05. The van der Waals surface area contributed by atoms with Gasteiger partial charge in [0.25, 0.3) is 0 Å². The van der Waals surface area contributed by atoms with E-state index in [1.807, 2.05) is 18.2 Å². The Morgan fingerprint density at radius 3 is 2.83 bits per heavy atom. The van der Waals surface area contributed by atoms with Crippen molar-refractivity contribution in [3.63, 3.8) is 0 Å². The monoisotopic (exact) mass is 446 g/mol. The summed E-state index contributed by atoms with van der Waals surface area (Å²) in [5.74, 6) is 3.08. The Morgan fingerprint density at radius 1 is 1.17 bits per heavy atom. The molecule has 4 rings (SSSR count). The average molecular weight is 447 g/mol. The first kappa shape index (κ1) is 20.4. The van der Waals surface area contributed by atoms with Gasteiger partial charge in [-0.15, -0.1) is 21.5 Å². The molecule has 0 aliphatic carbocycles. The second-order valence-electron chi connectivity index (χ2n) is 6.44. The van der Waals surface area contributed by atoms with Crippen LogP contribution in [0.1, 0.15) is 50.0 Å². The van der Waals surface area contributed by atoms with Gasteiger partial charge in [-0.1, -0.05) is 47.7 Å². The molecule has 10 heteroatoms. The second kappa shape index (κ2) is 9.27. The van der Waals surface area contributed by atoms with E-state index >= 15 is 0 Å². The van der Waals surface area contributed by atoms with Gasteiger partial charge < -0.3 is 9.09 Å². The molecule has 0 spiro atoms. The minimum atomic E-state index is 0.0207. The molecule has 152 valence electrons. The Kier molecular flexibility index (Phi) is 6.51. The van der Waals surface area contributed by atoms with Gasteiger partial charge in [-0.25, -0.2) is 4.98 Å². The van der Waals surface area contributed by atoms with E-state index in [9.17, 15) is 0 Å². The highest BCUT2D eigenvalue weighted by Crippen LogP contribution is 2.35. The topological polar surface area (TPSA) is 82.5 Å². The number of fused-ring (bicyclic) bond motifs is 1. The minimum Gasteiger partial charge on any atom is -0.338 e. The molecular formula is C19H22N6OS3. The summed E-state index contributed by atoms with van der Waals surface area (Å²) < 4.78 is 9.82. The molecule has 3 aromatic heterocycles. The van der Waals surface area contributed by atoms with Gasteiger partial charge >= 0.3 is 0 Å². The lowest BCUT2D eigenvalue weighted by Crippen LogP contribution is -2.03. The van der Waals surface area contributed by atoms with Crippen LogP contribution in [0.3, 0.4) is 0 Å². The maximum absolute atomic E-state index is 5.42. The SMILES string of the molecule is CCCc1noc([C@@H](C)Sc2nnc(CSc3nc4ccccc4s3)n2CC)n1. The molecule has 4 aromatic rings. The fourth-order valence-electron chi connectivity index (χ4n) is 2.84. The normalized spacial score (nSPS) is 12.7. The quantitative estimate of drug-likeness (QED) is 0.317. The van der Waals surface area contributed by atoms with Crippen molar-refractivity contribution in [3.05, 3.63) is 41.8 Å². The Bertz CT molecular complexity index is 1060. The fourth-order valence-corrected chi connectivity index (χ4v) is 5.81. The summed E-state index contributed by atoms with van der Waals surface area (Å²) in [6.45, 7) is 7.07. The number of aryl methyl sites for hydroxylation is 1. The lowest BCUT2D eigenvalue weighted by Gasteiger charge is -2.08. The average Bonchev–Trinajstić information content (AvgIpc) is 3.44. The maximum atomic E-state index is 5.42. The molecule has 0 amide bonds. The van der Waals surface area contributed by atoms with Gasteiger partial charge in [0.1, 0.15) is 5.82 Å². The molecule has 0 aliphatic rings. The van der Waals surface area contributed by atoms with Crippen molar-refractivity contribution < 1.29 is 4.52 Å². The zero-order valence-electron chi connectivity index (χ0n) is 16.5. The molecule has 0 saturated heterocycles. The highest BCUT2D eigenvalue weighted by molar-refractivity contribution is 8.00. The van der Waals surface area contributed by atoms with Crippen LogP contribution in [-0.2, 0) is 18.7 Å². The van der Waals surface area contributed by atoms with Crippen LogP contribution in [0.4, 0.5) is 0 Å². The molecule has 0 bridgehead atoms. The molecule has 7 nitrogen and oxygen atoms in total. The van der Waals surface area contributed by atoms with Crippen molar-refractivity contribution in [1.82, 2.24) is 29.9 Å². The van der Waals surface area contributed by atoms with E-state index in [0.29, 0.717) is 5.89 Å². The smallest absolute Gasteiger partial charge is 0.239 e. The lowest BCUT2D eigenvalue weighted by atomic mass is 10.3. The van der Waals surface area contributed by atoms with Gasteiger partial charge in [0, 0.05) is 13.0 Å². The van der Waals surface area contributed by atoms with E-state index in [1.165, 1.54) is 4.70 Å². The van der Waals surface area contributed by atoms with Crippen molar-refractivity contribution >= 4 is 45.1 Å². The minimum absolute atomic E-state index is 0.0207. The van der Waals surface area contributed by atoms with E-state index in [4.69, 9.17) is 4.52 Å². The van der Waals surface area contributed by atoms with Crippen LogP contribution in [0.2, 0.25) is 0 Å². The van der Waals surface area contributed by atoms with Gasteiger partial charge in [0.2, 0.25) is 5.89 Å². The molecule has 0 aliphatic heterocycles. The Hall–Kier alpha value is -1.91. The largest absolute Gasteiger partial charge is 0.338 e. The molecule has 1 aromatic carbocycles. The number of hydrogen-bond acceptors (Lipinski definition) is 9. The van der Waals surface area contributed by atoms with Crippen molar-refractivity contribution in [2.75, 3.05) is 0 Å². The molecule has 0 unspecified atom stereocenters. The third kappa shape index (κ3) is 4.65. The van der Waals surface area contributed by atoms with Crippen LogP contribution < -0.4 is 0 Å². The summed E-state index contributed by atoms with van der Waals surface area (Å²) in [6.07, 6.45) is 1.83. The molecule has 29 heavy (non-hydrogen) atoms. The van der Waals surface area contributed by atoms with Crippen LogP contribution in [0.5, 0.6) is 0 Å². The summed E-state index contributed by atoms with van der Waals surface area (Å²) in [7, 11) is 0.